The molecule has 2 bridgehead atoms. The summed E-state index contributed by atoms with van der Waals surface area (Å²) in [6.07, 6.45) is 3.14. The average molecular weight is 342 g/mol. The Kier molecular flexibility index (Phi) is 3.74. The van der Waals surface area contributed by atoms with Crippen LogP contribution in [0.5, 0.6) is 11.5 Å². The largest absolute Gasteiger partial charge is 0.454 e. The van der Waals surface area contributed by atoms with Crippen LogP contribution in [0.25, 0.3) is 0 Å². The summed E-state index contributed by atoms with van der Waals surface area (Å²) in [6.45, 7) is 5.97. The lowest BCUT2D eigenvalue weighted by Crippen LogP contribution is -2.48. The fourth-order valence-corrected chi connectivity index (χ4v) is 4.72. The van der Waals surface area contributed by atoms with Crippen molar-refractivity contribution in [1.82, 2.24) is 0 Å². The van der Waals surface area contributed by atoms with Crippen molar-refractivity contribution in [2.75, 3.05) is 13.9 Å². The maximum atomic E-state index is 13.0. The molecule has 132 valence electrons. The highest BCUT2D eigenvalue weighted by Crippen LogP contribution is 2.56. The van der Waals surface area contributed by atoms with Crippen molar-refractivity contribution in [2.24, 2.45) is 11.8 Å². The van der Waals surface area contributed by atoms with Crippen molar-refractivity contribution in [3.8, 4) is 11.5 Å². The molecule has 4 unspecified atom stereocenters. The normalized spacial score (nSPS) is 35.6. The highest BCUT2D eigenvalue weighted by molar-refractivity contribution is 6.00. The Bertz CT molecular complexity index is 767. The van der Waals surface area contributed by atoms with E-state index in [9.17, 15) is 9.90 Å². The number of Topliss-reactive ketones (excluding diaryl/α,β-unsaturated/α-hetero) is 1. The summed E-state index contributed by atoms with van der Waals surface area (Å²) < 4.78 is 16.7. The number of ether oxygens (including phenoxy) is 3. The van der Waals surface area contributed by atoms with Crippen molar-refractivity contribution in [3.05, 3.63) is 48.1 Å². The lowest BCUT2D eigenvalue weighted by Gasteiger charge is -2.36. The van der Waals surface area contributed by atoms with Gasteiger partial charge in [-0.25, -0.2) is 0 Å². The van der Waals surface area contributed by atoms with Crippen LogP contribution in [0, 0.1) is 11.8 Å². The number of carbonyl (C=O) groups excluding carboxylic acids is 1. The summed E-state index contributed by atoms with van der Waals surface area (Å²) in [5.74, 6) is 0.608. The number of methoxy groups -OCH3 is 1. The van der Waals surface area contributed by atoms with Gasteiger partial charge >= 0.3 is 0 Å². The molecule has 0 saturated heterocycles. The Labute approximate surface area is 146 Å². The molecular weight excluding hydrogens is 320 g/mol. The van der Waals surface area contributed by atoms with Crippen LogP contribution in [0.2, 0.25) is 0 Å². The number of ketones is 1. The molecule has 1 heterocycles. The third-order valence-corrected chi connectivity index (χ3v) is 5.96. The molecule has 3 aliphatic rings. The zero-order valence-electron chi connectivity index (χ0n) is 14.4. The first-order chi connectivity index (χ1) is 12.0. The number of aliphatic hydroxyl groups is 1. The van der Waals surface area contributed by atoms with E-state index in [1.165, 1.54) is 0 Å². The summed E-state index contributed by atoms with van der Waals surface area (Å²) in [7, 11) is 1.59. The molecule has 2 aliphatic carbocycles. The van der Waals surface area contributed by atoms with Crippen LogP contribution in [-0.4, -0.2) is 36.5 Å². The van der Waals surface area contributed by atoms with Crippen molar-refractivity contribution in [1.29, 1.82) is 0 Å². The van der Waals surface area contributed by atoms with E-state index >= 15 is 0 Å². The molecule has 0 amide bonds. The average Bonchev–Trinajstić information content (AvgIpc) is 3.13. The number of benzene rings is 1. The Balaban J connectivity index is 1.81. The molecule has 5 atom stereocenters. The van der Waals surface area contributed by atoms with Crippen LogP contribution in [0.1, 0.15) is 24.8 Å². The van der Waals surface area contributed by atoms with E-state index < -0.39 is 17.6 Å². The first-order valence-electron chi connectivity index (χ1n) is 8.53. The van der Waals surface area contributed by atoms with Crippen molar-refractivity contribution >= 4 is 5.78 Å². The third-order valence-electron chi connectivity index (χ3n) is 5.96. The number of fused-ring (bicyclic) bond motifs is 3. The van der Waals surface area contributed by atoms with Gasteiger partial charge in [-0.2, -0.15) is 0 Å². The SMILES string of the molecule is C=CCC1=CC2(OC)C(O)C(C1=O)C(c1ccc3c(c1)OCO3)[C@H]2C. The van der Waals surface area contributed by atoms with Gasteiger partial charge in [0.05, 0.1) is 12.0 Å². The second kappa shape index (κ2) is 5.71. The Morgan fingerprint density at radius 2 is 2.12 bits per heavy atom. The van der Waals surface area contributed by atoms with E-state index in [4.69, 9.17) is 14.2 Å². The molecular formula is C20H22O5. The van der Waals surface area contributed by atoms with Gasteiger partial charge in [0, 0.05) is 13.0 Å². The number of allylic oxidation sites excluding steroid dienone is 2. The minimum absolute atomic E-state index is 0.0212. The predicted molar refractivity (Wildman–Crippen MR) is 91.6 cm³/mol. The van der Waals surface area contributed by atoms with Gasteiger partial charge in [0.2, 0.25) is 6.79 Å². The smallest absolute Gasteiger partial charge is 0.231 e. The van der Waals surface area contributed by atoms with Crippen LogP contribution < -0.4 is 9.47 Å². The van der Waals surface area contributed by atoms with E-state index in [0.29, 0.717) is 23.5 Å². The maximum Gasteiger partial charge on any atom is 0.231 e. The second-order valence-electron chi connectivity index (χ2n) is 6.98. The van der Waals surface area contributed by atoms with Crippen molar-refractivity contribution in [3.63, 3.8) is 0 Å². The molecule has 1 aliphatic heterocycles. The van der Waals surface area contributed by atoms with Crippen LogP contribution in [0.15, 0.2) is 42.5 Å². The predicted octanol–water partition coefficient (Wildman–Crippen LogP) is 2.60. The molecule has 1 aromatic carbocycles. The molecule has 5 heteroatoms. The van der Waals surface area contributed by atoms with E-state index in [-0.39, 0.29) is 24.4 Å². The Morgan fingerprint density at radius 3 is 2.84 bits per heavy atom. The summed E-state index contributed by atoms with van der Waals surface area (Å²) in [6, 6.07) is 5.73. The van der Waals surface area contributed by atoms with Gasteiger partial charge in [0.1, 0.15) is 5.60 Å². The minimum Gasteiger partial charge on any atom is -0.454 e. The molecule has 1 fully saturated rings. The highest BCUT2D eigenvalue weighted by Gasteiger charge is 2.63. The molecule has 4 rings (SSSR count). The van der Waals surface area contributed by atoms with Gasteiger partial charge in [0.25, 0.3) is 0 Å². The second-order valence-corrected chi connectivity index (χ2v) is 6.98. The minimum atomic E-state index is -0.871. The number of rotatable bonds is 4. The van der Waals surface area contributed by atoms with Gasteiger partial charge in [-0.05, 0) is 41.7 Å². The molecule has 0 aromatic heterocycles. The zero-order valence-corrected chi connectivity index (χ0v) is 14.4. The van der Waals surface area contributed by atoms with Gasteiger partial charge < -0.3 is 19.3 Å². The van der Waals surface area contributed by atoms with Gasteiger partial charge in [-0.15, -0.1) is 6.58 Å². The molecule has 1 aromatic rings. The first kappa shape index (κ1) is 16.4. The van der Waals surface area contributed by atoms with Crippen molar-refractivity contribution < 1.29 is 24.1 Å². The van der Waals surface area contributed by atoms with E-state index in [0.717, 1.165) is 5.56 Å². The highest BCUT2D eigenvalue weighted by atomic mass is 16.7. The molecule has 25 heavy (non-hydrogen) atoms. The first-order valence-corrected chi connectivity index (χ1v) is 8.53. The summed E-state index contributed by atoms with van der Waals surface area (Å²) in [5.41, 5.74) is 0.765. The fourth-order valence-electron chi connectivity index (χ4n) is 4.72. The van der Waals surface area contributed by atoms with Gasteiger partial charge in [-0.3, -0.25) is 4.79 Å². The van der Waals surface area contributed by atoms with E-state index in [2.05, 4.69) is 6.58 Å². The molecule has 1 saturated carbocycles. The molecule has 0 spiro atoms. The third kappa shape index (κ3) is 2.12. The Hall–Kier alpha value is -2.11. The van der Waals surface area contributed by atoms with Crippen LogP contribution >= 0.6 is 0 Å². The number of hydrogen-bond acceptors (Lipinski definition) is 5. The topological polar surface area (TPSA) is 65.0 Å². The molecule has 0 radical (unpaired) electrons. The van der Waals surface area contributed by atoms with Gasteiger partial charge in [0.15, 0.2) is 17.3 Å². The zero-order chi connectivity index (χ0) is 17.8. The molecule has 1 N–H and O–H groups in total. The standard InChI is InChI=1S/C20H22O5/c1-4-5-13-9-20(23-3)11(2)16(17(18(13)21)19(20)22)12-6-7-14-15(8-12)25-10-24-14/h4,6-9,11,16-17,19,22H,1,5,10H2,2-3H3/t11-,16?,17?,19?,20?/m1/s1. The molecule has 5 nitrogen and oxygen atoms in total. The van der Waals surface area contributed by atoms with E-state index in [1.807, 2.05) is 31.2 Å². The van der Waals surface area contributed by atoms with Crippen LogP contribution in [0.4, 0.5) is 0 Å². The summed E-state index contributed by atoms with van der Waals surface area (Å²) in [4.78, 5) is 13.0. The van der Waals surface area contributed by atoms with Gasteiger partial charge in [-0.1, -0.05) is 19.1 Å². The maximum absolute atomic E-state index is 13.0. The lowest BCUT2D eigenvalue weighted by atomic mass is 9.79. The Morgan fingerprint density at radius 1 is 1.36 bits per heavy atom. The fraction of sp³-hybridized carbons (Fsp3) is 0.450. The number of hydrogen-bond donors (Lipinski definition) is 1. The summed E-state index contributed by atoms with van der Waals surface area (Å²) in [5, 5.41) is 10.9. The van der Waals surface area contributed by atoms with E-state index in [1.54, 1.807) is 13.2 Å². The van der Waals surface area contributed by atoms with Crippen molar-refractivity contribution in [2.45, 2.75) is 31.0 Å². The van der Waals surface area contributed by atoms with Crippen LogP contribution in [0.3, 0.4) is 0 Å². The quantitative estimate of drug-likeness (QED) is 0.852. The lowest BCUT2D eigenvalue weighted by molar-refractivity contribution is -0.130. The summed E-state index contributed by atoms with van der Waals surface area (Å²) >= 11 is 0. The number of aliphatic hydroxyl groups excluding tert-OH is 1. The number of carbonyl (C=O) groups is 1. The monoisotopic (exact) mass is 342 g/mol. The van der Waals surface area contributed by atoms with Crippen LogP contribution in [-0.2, 0) is 9.53 Å².